The van der Waals surface area contributed by atoms with E-state index in [9.17, 15) is 58.8 Å². The van der Waals surface area contributed by atoms with E-state index in [-0.39, 0.29) is 159 Å². The molecule has 0 aliphatic carbocycles. The van der Waals surface area contributed by atoms with Gasteiger partial charge in [0.25, 0.3) is 23.6 Å². The van der Waals surface area contributed by atoms with Crippen LogP contribution in [0.1, 0.15) is 23.3 Å². The zero-order valence-corrected chi connectivity index (χ0v) is 47.0. The molecule has 368 valence electrons. The van der Waals surface area contributed by atoms with Gasteiger partial charge in [-0.25, -0.2) is 9.36 Å². The Kier molecular flexibility index (Phi) is 21.3. The third-order valence-electron chi connectivity index (χ3n) is 10.4. The van der Waals surface area contributed by atoms with Crippen LogP contribution in [0.25, 0.3) is 0 Å². The van der Waals surface area contributed by atoms with Crippen LogP contribution in [-0.4, -0.2) is 164 Å². The molecule has 2 fully saturated rings. The fourth-order valence-electron chi connectivity index (χ4n) is 7.05. The number of carboxylic acid groups (broad SMARTS) is 4. The molecule has 2 aromatic heterocycles. The van der Waals surface area contributed by atoms with Gasteiger partial charge in [-0.15, -0.1) is 33.7 Å². The normalized spacial score (nSPS) is 19.6. The first-order chi connectivity index (χ1) is 33.3. The maximum Gasteiger partial charge on any atom is 1.00 e. The van der Waals surface area contributed by atoms with Crippen LogP contribution in [0, 0.1) is 0 Å². The zero-order valence-electron chi connectivity index (χ0n) is 37.5. The number of thioether (sulfide) groups is 4. The number of hydrogen-bond acceptors (Lipinski definition) is 24. The summed E-state index contributed by atoms with van der Waals surface area (Å²) in [5, 5.41) is 87.5. The van der Waals surface area contributed by atoms with E-state index in [1.165, 1.54) is 72.1 Å². The largest absolute Gasteiger partial charge is 1.00 e. The molecule has 6 heterocycles. The molecule has 4 aliphatic rings. The number of carbonyl (C=O) groups is 8. The summed E-state index contributed by atoms with van der Waals surface area (Å²) in [6.07, 6.45) is -3.07. The smallest absolute Gasteiger partial charge is 0.543 e. The van der Waals surface area contributed by atoms with Crippen molar-refractivity contribution in [2.45, 2.75) is 58.4 Å². The van der Waals surface area contributed by atoms with Crippen molar-refractivity contribution in [1.29, 1.82) is 0 Å². The Morgan fingerprint density at radius 3 is 1.32 bits per heavy atom. The summed E-state index contributed by atoms with van der Waals surface area (Å²) in [6, 6.07) is 9.98. The van der Waals surface area contributed by atoms with Gasteiger partial charge in [-0.05, 0) is 67.4 Å². The molecule has 2 unspecified atom stereocenters. The number of aliphatic hydroxyl groups is 2. The summed E-state index contributed by atoms with van der Waals surface area (Å²) >= 11 is 4.50. The average molecular weight is 1120 g/mol. The molecule has 0 spiro atoms. The molecule has 6 atom stereocenters. The number of aliphatic carboxylic acids is 4. The van der Waals surface area contributed by atoms with Crippen molar-refractivity contribution >= 4 is 106 Å². The van der Waals surface area contributed by atoms with Gasteiger partial charge in [0.15, 0.2) is 12.2 Å². The maximum atomic E-state index is 12.8. The Labute approximate surface area is 507 Å². The molecular weight excluding hydrogens is 1080 g/mol. The minimum Gasteiger partial charge on any atom is -0.543 e. The molecule has 2 saturated heterocycles. The van der Waals surface area contributed by atoms with Crippen molar-refractivity contribution in [3.63, 3.8) is 0 Å². The number of β-lactam (4-membered cyclic amide) rings is 2. The van der Waals surface area contributed by atoms with Crippen molar-refractivity contribution in [1.82, 2.24) is 60.8 Å². The van der Waals surface area contributed by atoms with Crippen molar-refractivity contribution in [3.8, 4) is 0 Å². The number of amides is 4. The van der Waals surface area contributed by atoms with Crippen LogP contribution in [0.5, 0.6) is 0 Å². The number of rotatable bonds is 18. The van der Waals surface area contributed by atoms with Gasteiger partial charge in [0.1, 0.15) is 35.9 Å². The average Bonchev–Trinajstić information content (AvgIpc) is 3.97. The van der Waals surface area contributed by atoms with Crippen LogP contribution in [0.15, 0.2) is 81.4 Å². The van der Waals surface area contributed by atoms with E-state index in [1.54, 1.807) is 0 Å². The van der Waals surface area contributed by atoms with Gasteiger partial charge in [-0.1, -0.05) is 47.8 Å². The zero-order chi connectivity index (χ0) is 50.6. The standard InChI is InChI=1S/2C19H19N7O7S2.2K/c2*20-10-3-1-8(2-4-10)14(29)15(30)21-12-16(31)26-13(18(32)33)9(6-34-17(12)26)7-35-19-22-23-24-25(19)5-11(27)28;;/h2*1-4,12,14,17,29H,5-7,20H2,(H,21,30)(H,27,28)(H,32,33);;/q;;2*+1/p-2/t2*12?,14-,17-;;/m11../s1. The van der Waals surface area contributed by atoms with Crippen LogP contribution in [-0.2, 0) is 51.4 Å². The van der Waals surface area contributed by atoms with Gasteiger partial charge in [-0.2, -0.15) is 0 Å². The predicted molar refractivity (Wildman–Crippen MR) is 238 cm³/mol. The van der Waals surface area contributed by atoms with Gasteiger partial charge in [0, 0.05) is 34.4 Å². The summed E-state index contributed by atoms with van der Waals surface area (Å²) in [5.74, 6) is -7.79. The summed E-state index contributed by atoms with van der Waals surface area (Å²) in [7, 11) is 0. The number of nitrogens with two attached hydrogens (primary N) is 2. The van der Waals surface area contributed by atoms with E-state index in [4.69, 9.17) is 21.7 Å². The number of aromatic nitrogens is 8. The second-order valence-corrected chi connectivity index (χ2v) is 19.1. The number of tetrazole rings is 2. The number of fused-ring (bicyclic) bond motifs is 2. The number of nitrogens with one attached hydrogen (secondary N) is 2. The third-order valence-corrected chi connectivity index (χ3v) is 15.2. The molecular formula is C38H36K2N14O14S4. The van der Waals surface area contributed by atoms with E-state index < -0.39 is 95.6 Å². The van der Waals surface area contributed by atoms with E-state index in [0.717, 1.165) is 42.7 Å². The molecule has 0 radical (unpaired) electrons. The third kappa shape index (κ3) is 13.5. The number of hydrogen-bond donors (Lipinski definition) is 8. The van der Waals surface area contributed by atoms with Crippen LogP contribution in [0.3, 0.4) is 0 Å². The van der Waals surface area contributed by atoms with Gasteiger partial charge < -0.3 is 62.3 Å². The Hall–Kier alpha value is -3.99. The molecule has 0 bridgehead atoms. The van der Waals surface area contributed by atoms with Crippen LogP contribution < -0.4 is 135 Å². The van der Waals surface area contributed by atoms with Crippen LogP contribution in [0.2, 0.25) is 0 Å². The fraction of sp³-hybridized carbons (Fsp3) is 0.316. The van der Waals surface area contributed by atoms with Crippen molar-refractivity contribution in [2.24, 2.45) is 0 Å². The minimum atomic E-state index is -1.56. The van der Waals surface area contributed by atoms with Gasteiger partial charge in [0.05, 0.1) is 23.3 Å². The monoisotopic (exact) mass is 1120 g/mol. The predicted octanol–water partition coefficient (Wildman–Crippen LogP) is -10.9. The Bertz CT molecular complexity index is 2630. The van der Waals surface area contributed by atoms with Gasteiger partial charge in [0.2, 0.25) is 10.3 Å². The Morgan fingerprint density at radius 1 is 0.653 bits per heavy atom. The van der Waals surface area contributed by atoms with Crippen molar-refractivity contribution in [3.05, 3.63) is 82.2 Å². The number of nitrogen functional groups attached to an aromatic ring is 2. The molecule has 8 rings (SSSR count). The first kappa shape index (κ1) is 58.9. The number of benzene rings is 2. The minimum absolute atomic E-state index is 0. The molecule has 28 nitrogen and oxygen atoms in total. The summed E-state index contributed by atoms with van der Waals surface area (Å²) in [4.78, 5) is 98.2. The molecule has 10 N–H and O–H groups in total. The molecule has 2 aromatic carbocycles. The van der Waals surface area contributed by atoms with Crippen LogP contribution >= 0.6 is 47.0 Å². The molecule has 72 heavy (non-hydrogen) atoms. The first-order valence-corrected chi connectivity index (χ1v) is 24.1. The van der Waals surface area contributed by atoms with E-state index in [1.807, 2.05) is 0 Å². The SMILES string of the molecule is Nc1ccc([C@@H](O)C(=O)NC2C(=O)N3C(C(=O)[O-])=C(CSc4nnnn4CC(=O)O)CS[C@H]23)cc1.Nc1ccc([C@@H](O)C(=O)NC2C(=O)N3C(C(=O)[O-])=C(CSc4nnnn4CC(=O)O)CS[C@H]23)cc1.[K+].[K+]. The molecule has 0 saturated carbocycles. The molecule has 4 amide bonds. The summed E-state index contributed by atoms with van der Waals surface area (Å²) < 4.78 is 2.11. The second kappa shape index (κ2) is 26.0. The number of aliphatic hydroxyl groups excluding tert-OH is 2. The van der Waals surface area contributed by atoms with Crippen molar-refractivity contribution in [2.75, 3.05) is 34.5 Å². The van der Waals surface area contributed by atoms with Crippen LogP contribution in [0.4, 0.5) is 11.4 Å². The molecule has 4 aromatic rings. The van der Waals surface area contributed by atoms with E-state index in [2.05, 4.69) is 41.7 Å². The first-order valence-electron chi connectivity index (χ1n) is 20.0. The Morgan fingerprint density at radius 2 is 1.00 bits per heavy atom. The Balaban J connectivity index is 0.000000260. The number of carboxylic acids is 4. The molecule has 4 aliphatic heterocycles. The molecule has 34 heteroatoms. The van der Waals surface area contributed by atoms with Crippen molar-refractivity contribution < 1.29 is 172 Å². The van der Waals surface area contributed by atoms with Gasteiger partial charge >= 0.3 is 115 Å². The topological polar surface area (TPSA) is 433 Å². The maximum absolute atomic E-state index is 12.8. The van der Waals surface area contributed by atoms with E-state index >= 15 is 0 Å². The quantitative estimate of drug-likeness (QED) is 0.0198. The van der Waals surface area contributed by atoms with E-state index in [0.29, 0.717) is 22.5 Å². The second-order valence-electron chi connectivity index (χ2n) is 15.0. The number of anilines is 2. The summed E-state index contributed by atoms with van der Waals surface area (Å²) in [6.45, 7) is -0.931. The van der Waals surface area contributed by atoms with Gasteiger partial charge in [-0.3, -0.25) is 38.6 Å². The number of nitrogens with zero attached hydrogens (tertiary/aromatic N) is 10. The number of carbonyl (C=O) groups excluding carboxylic acids is 6. The summed E-state index contributed by atoms with van der Waals surface area (Å²) in [5.41, 5.74) is 12.8. The fourth-order valence-corrected chi connectivity index (χ4v) is 11.8.